The van der Waals surface area contributed by atoms with E-state index in [1.807, 2.05) is 41.5 Å². The minimum absolute atomic E-state index is 0.329. The van der Waals surface area contributed by atoms with Gasteiger partial charge >= 0.3 is 0 Å². The van der Waals surface area contributed by atoms with Gasteiger partial charge in [-0.05, 0) is 40.5 Å². The van der Waals surface area contributed by atoms with Crippen molar-refractivity contribution in [1.82, 2.24) is 0 Å². The van der Waals surface area contributed by atoms with Gasteiger partial charge < -0.3 is 0 Å². The zero-order valence-corrected chi connectivity index (χ0v) is 16.2. The van der Waals surface area contributed by atoms with Gasteiger partial charge in [0.2, 0.25) is 12.7 Å². The van der Waals surface area contributed by atoms with Crippen LogP contribution in [-0.4, -0.2) is 23.9 Å². The zero-order chi connectivity index (χ0) is 18.6. The van der Waals surface area contributed by atoms with Crippen LogP contribution in [0.2, 0.25) is 0 Å². The van der Waals surface area contributed by atoms with Crippen molar-refractivity contribution in [2.45, 2.75) is 117 Å². The molecule has 0 aliphatic rings. The van der Waals surface area contributed by atoms with Crippen LogP contribution >= 0.6 is 0 Å². The predicted molar refractivity (Wildman–Crippen MR) is 90.6 cm³/mol. The Morgan fingerprint density at radius 3 is 1.33 bits per heavy atom. The normalized spacial score (nSPS) is 15.5. The summed E-state index contributed by atoms with van der Waals surface area (Å²) >= 11 is 0. The van der Waals surface area contributed by atoms with Crippen molar-refractivity contribution in [3.63, 3.8) is 0 Å². The third-order valence-corrected chi connectivity index (χ3v) is 3.60. The second kappa shape index (κ2) is 12.1. The number of hydrogen-bond acceptors (Lipinski definition) is 4. The van der Waals surface area contributed by atoms with E-state index in [9.17, 15) is 8.78 Å². The SMILES string of the molecule is CCCC(F)OOC(C)(C)CCCCC(C)(C)OOC(F)CCC. The third kappa shape index (κ3) is 13.0. The molecule has 0 aromatic heterocycles. The van der Waals surface area contributed by atoms with Crippen molar-refractivity contribution in [1.29, 1.82) is 0 Å². The average Bonchev–Trinajstić information content (AvgIpc) is 2.49. The van der Waals surface area contributed by atoms with Gasteiger partial charge in [0.25, 0.3) is 0 Å². The quantitative estimate of drug-likeness (QED) is 0.199. The molecule has 0 fully saturated rings. The molecule has 0 amide bonds. The third-order valence-electron chi connectivity index (χ3n) is 3.60. The molecule has 146 valence electrons. The maximum Gasteiger partial charge on any atom is 0.231 e. The van der Waals surface area contributed by atoms with Crippen LogP contribution in [0, 0.1) is 0 Å². The fourth-order valence-electron chi connectivity index (χ4n) is 2.10. The molecule has 0 heterocycles. The molecule has 0 aromatic rings. The van der Waals surface area contributed by atoms with E-state index < -0.39 is 23.9 Å². The van der Waals surface area contributed by atoms with E-state index in [-0.39, 0.29) is 0 Å². The first-order valence-electron chi connectivity index (χ1n) is 9.09. The second-order valence-electron chi connectivity index (χ2n) is 7.48. The summed E-state index contributed by atoms with van der Waals surface area (Å²) < 4.78 is 26.5. The van der Waals surface area contributed by atoms with E-state index in [2.05, 4.69) is 0 Å². The number of hydrogen-bond donors (Lipinski definition) is 0. The van der Waals surface area contributed by atoms with E-state index >= 15 is 0 Å². The Morgan fingerprint density at radius 2 is 1.04 bits per heavy atom. The van der Waals surface area contributed by atoms with Crippen LogP contribution < -0.4 is 0 Å². The molecule has 6 heteroatoms. The molecule has 2 atom stereocenters. The molecule has 24 heavy (non-hydrogen) atoms. The minimum atomic E-state index is -1.38. The van der Waals surface area contributed by atoms with Crippen molar-refractivity contribution < 1.29 is 28.3 Å². The Morgan fingerprint density at radius 1 is 0.708 bits per heavy atom. The Kier molecular flexibility index (Phi) is 12.0. The van der Waals surface area contributed by atoms with Gasteiger partial charge in [-0.2, -0.15) is 9.78 Å². The van der Waals surface area contributed by atoms with Crippen molar-refractivity contribution in [2.75, 3.05) is 0 Å². The minimum Gasteiger partial charge on any atom is -0.228 e. The summed E-state index contributed by atoms with van der Waals surface area (Å²) in [7, 11) is 0. The molecule has 0 spiro atoms. The van der Waals surface area contributed by atoms with E-state index in [0.717, 1.165) is 25.7 Å². The highest BCUT2D eigenvalue weighted by Crippen LogP contribution is 2.25. The summed E-state index contributed by atoms with van der Waals surface area (Å²) in [6.07, 6.45) is 2.49. The molecule has 0 aliphatic heterocycles. The second-order valence-corrected chi connectivity index (χ2v) is 7.48. The molecule has 0 saturated carbocycles. The number of unbranched alkanes of at least 4 members (excludes halogenated alkanes) is 1. The average molecular weight is 354 g/mol. The molecule has 4 nitrogen and oxygen atoms in total. The van der Waals surface area contributed by atoms with Gasteiger partial charge in [-0.3, -0.25) is 0 Å². The van der Waals surface area contributed by atoms with Crippen LogP contribution in [0.4, 0.5) is 8.78 Å². The molecule has 0 aromatic carbocycles. The van der Waals surface area contributed by atoms with Crippen LogP contribution in [0.25, 0.3) is 0 Å². The van der Waals surface area contributed by atoms with Crippen molar-refractivity contribution in [2.24, 2.45) is 0 Å². The lowest BCUT2D eigenvalue weighted by Crippen LogP contribution is -2.28. The number of alkyl halides is 2. The van der Waals surface area contributed by atoms with Crippen molar-refractivity contribution >= 4 is 0 Å². The number of halogens is 2. The molecule has 0 radical (unpaired) electrons. The fraction of sp³-hybridized carbons (Fsp3) is 1.00. The lowest BCUT2D eigenvalue weighted by molar-refractivity contribution is -0.402. The highest BCUT2D eigenvalue weighted by atomic mass is 19.2. The van der Waals surface area contributed by atoms with Gasteiger partial charge in [-0.15, -0.1) is 0 Å². The zero-order valence-electron chi connectivity index (χ0n) is 16.2. The summed E-state index contributed by atoms with van der Waals surface area (Å²) in [5.74, 6) is 0. The largest absolute Gasteiger partial charge is 0.231 e. The first-order valence-corrected chi connectivity index (χ1v) is 9.09. The molecule has 0 aliphatic carbocycles. The molecule has 0 saturated heterocycles. The Labute approximate surface area is 146 Å². The molecule has 0 N–H and O–H groups in total. The Bertz CT molecular complexity index is 281. The monoisotopic (exact) mass is 354 g/mol. The van der Waals surface area contributed by atoms with E-state index in [0.29, 0.717) is 25.7 Å². The van der Waals surface area contributed by atoms with Gasteiger partial charge in [0, 0.05) is 12.8 Å². The highest BCUT2D eigenvalue weighted by Gasteiger charge is 2.25. The van der Waals surface area contributed by atoms with Crippen LogP contribution in [0.1, 0.15) is 92.9 Å². The van der Waals surface area contributed by atoms with Gasteiger partial charge in [-0.1, -0.05) is 39.5 Å². The van der Waals surface area contributed by atoms with Crippen molar-refractivity contribution in [3.05, 3.63) is 0 Å². The van der Waals surface area contributed by atoms with Crippen LogP contribution in [-0.2, 0) is 19.6 Å². The van der Waals surface area contributed by atoms with Crippen LogP contribution in [0.5, 0.6) is 0 Å². The fourth-order valence-corrected chi connectivity index (χ4v) is 2.10. The van der Waals surface area contributed by atoms with E-state index in [1.54, 1.807) is 0 Å². The summed E-state index contributed by atoms with van der Waals surface area (Å²) in [5, 5.41) is 0. The lowest BCUT2D eigenvalue weighted by atomic mass is 9.96. The standard InChI is InChI=1S/C18H36F2O4/c1-7-11-15(19)21-23-17(3,4)13-9-10-14-18(5,6)24-22-16(20)12-8-2/h15-16H,7-14H2,1-6H3. The summed E-state index contributed by atoms with van der Waals surface area (Å²) in [4.78, 5) is 20.0. The van der Waals surface area contributed by atoms with Crippen molar-refractivity contribution in [3.8, 4) is 0 Å². The molecular formula is C18H36F2O4. The number of rotatable bonds is 15. The van der Waals surface area contributed by atoms with Gasteiger partial charge in [0.15, 0.2) is 0 Å². The van der Waals surface area contributed by atoms with E-state index in [1.165, 1.54) is 0 Å². The lowest BCUT2D eigenvalue weighted by Gasteiger charge is -2.26. The van der Waals surface area contributed by atoms with Crippen LogP contribution in [0.15, 0.2) is 0 Å². The first kappa shape index (κ1) is 23.7. The van der Waals surface area contributed by atoms with Crippen LogP contribution in [0.3, 0.4) is 0 Å². The molecular weight excluding hydrogens is 318 g/mol. The molecule has 0 rings (SSSR count). The summed E-state index contributed by atoms with van der Waals surface area (Å²) in [6.45, 7) is 11.3. The summed E-state index contributed by atoms with van der Waals surface area (Å²) in [5.41, 5.74) is -1.10. The van der Waals surface area contributed by atoms with E-state index in [4.69, 9.17) is 19.6 Å². The maximum atomic E-state index is 13.3. The van der Waals surface area contributed by atoms with Gasteiger partial charge in [0.05, 0.1) is 11.2 Å². The predicted octanol–water partition coefficient (Wildman–Crippen LogP) is 6.19. The smallest absolute Gasteiger partial charge is 0.228 e. The van der Waals surface area contributed by atoms with Gasteiger partial charge in [-0.25, -0.2) is 18.6 Å². The molecule has 2 unspecified atom stereocenters. The maximum absolute atomic E-state index is 13.3. The molecule has 0 bridgehead atoms. The Hall–Kier alpha value is -0.300. The van der Waals surface area contributed by atoms with Gasteiger partial charge in [0.1, 0.15) is 0 Å². The highest BCUT2D eigenvalue weighted by molar-refractivity contribution is 4.70. The topological polar surface area (TPSA) is 36.9 Å². The summed E-state index contributed by atoms with van der Waals surface area (Å²) in [6, 6.07) is 0. The first-order chi connectivity index (χ1) is 11.1. The Balaban J connectivity index is 3.91.